The Morgan fingerprint density at radius 3 is 2.68 bits per heavy atom. The van der Waals surface area contributed by atoms with Crippen LogP contribution >= 0.6 is 0 Å². The molecule has 1 fully saturated rings. The van der Waals surface area contributed by atoms with Crippen LogP contribution in [0.4, 0.5) is 0 Å². The quantitative estimate of drug-likeness (QED) is 0.707. The summed E-state index contributed by atoms with van der Waals surface area (Å²) in [6, 6.07) is 9.47. The zero-order valence-corrected chi connectivity index (χ0v) is 15.3. The Bertz CT molecular complexity index is 890. The molecule has 0 bridgehead atoms. The molecule has 2 aromatic rings. The zero-order chi connectivity index (χ0) is 18.0. The Labute approximate surface area is 151 Å². The molecular formula is C17H18N2O5Se. The van der Waals surface area contributed by atoms with Gasteiger partial charge in [-0.3, -0.25) is 0 Å². The van der Waals surface area contributed by atoms with Crippen molar-refractivity contribution in [1.82, 2.24) is 9.13 Å². The SMILES string of the molecule is Cc1cn(C2OC(=[Se])CC2O)c(=O)n(COCc2ccccc2)c1=O. The number of aliphatic hydroxyl groups is 1. The Morgan fingerprint density at radius 1 is 1.32 bits per heavy atom. The van der Waals surface area contributed by atoms with Gasteiger partial charge in [-0.25, -0.2) is 0 Å². The van der Waals surface area contributed by atoms with Crippen LogP contribution in [-0.4, -0.2) is 40.5 Å². The number of aromatic nitrogens is 2. The predicted octanol–water partition coefficient (Wildman–Crippen LogP) is 0.0709. The van der Waals surface area contributed by atoms with Crippen molar-refractivity contribution in [3.8, 4) is 0 Å². The molecule has 2 heterocycles. The van der Waals surface area contributed by atoms with E-state index < -0.39 is 23.6 Å². The van der Waals surface area contributed by atoms with Crippen molar-refractivity contribution in [3.63, 3.8) is 0 Å². The fourth-order valence-corrected chi connectivity index (χ4v) is 3.22. The Balaban J connectivity index is 1.85. The molecule has 1 aromatic carbocycles. The number of hydrogen-bond donors (Lipinski definition) is 1. The monoisotopic (exact) mass is 410 g/mol. The van der Waals surface area contributed by atoms with Crippen molar-refractivity contribution < 1.29 is 14.6 Å². The molecule has 1 aliphatic rings. The zero-order valence-electron chi connectivity index (χ0n) is 13.6. The topological polar surface area (TPSA) is 82.7 Å². The average Bonchev–Trinajstić information content (AvgIpc) is 2.93. The van der Waals surface area contributed by atoms with Crippen LogP contribution in [0.15, 0.2) is 46.1 Å². The fourth-order valence-electron chi connectivity index (χ4n) is 2.66. The Hall–Kier alpha value is -1.99. The van der Waals surface area contributed by atoms with Crippen LogP contribution in [0.3, 0.4) is 0 Å². The van der Waals surface area contributed by atoms with Crippen LogP contribution in [-0.2, 0) is 22.8 Å². The van der Waals surface area contributed by atoms with Gasteiger partial charge in [-0.1, -0.05) is 6.07 Å². The van der Waals surface area contributed by atoms with Crippen LogP contribution in [0.1, 0.15) is 23.8 Å². The molecule has 3 rings (SSSR count). The summed E-state index contributed by atoms with van der Waals surface area (Å²) in [5, 5.41) is 10.1. The number of hydrogen-bond acceptors (Lipinski definition) is 5. The minimum atomic E-state index is -0.858. The van der Waals surface area contributed by atoms with E-state index in [0.717, 1.165) is 10.1 Å². The van der Waals surface area contributed by atoms with Gasteiger partial charge in [0.05, 0.1) is 0 Å². The molecular weight excluding hydrogens is 391 g/mol. The van der Waals surface area contributed by atoms with Crippen LogP contribution in [0.2, 0.25) is 0 Å². The van der Waals surface area contributed by atoms with Crippen molar-refractivity contribution in [3.05, 3.63) is 68.5 Å². The summed E-state index contributed by atoms with van der Waals surface area (Å²) >= 11 is 2.71. The second-order valence-corrected chi connectivity index (χ2v) is 6.81. The molecule has 25 heavy (non-hydrogen) atoms. The van der Waals surface area contributed by atoms with E-state index in [9.17, 15) is 14.7 Å². The molecule has 0 radical (unpaired) electrons. The number of ether oxygens (including phenoxy) is 2. The van der Waals surface area contributed by atoms with E-state index in [1.165, 1.54) is 10.8 Å². The predicted molar refractivity (Wildman–Crippen MR) is 92.4 cm³/mol. The summed E-state index contributed by atoms with van der Waals surface area (Å²) < 4.78 is 13.8. The second-order valence-electron chi connectivity index (χ2n) is 5.85. The first-order valence-electron chi connectivity index (χ1n) is 7.79. The van der Waals surface area contributed by atoms with Gasteiger partial charge in [-0.2, -0.15) is 0 Å². The average molecular weight is 409 g/mol. The Morgan fingerprint density at radius 2 is 2.04 bits per heavy atom. The van der Waals surface area contributed by atoms with Gasteiger partial charge in [0.1, 0.15) is 0 Å². The van der Waals surface area contributed by atoms with Gasteiger partial charge in [0.15, 0.2) is 0 Å². The maximum absolute atomic E-state index is 12.7. The van der Waals surface area contributed by atoms with Gasteiger partial charge in [-0.05, 0) is 0 Å². The number of rotatable bonds is 5. The molecule has 1 saturated heterocycles. The number of benzene rings is 1. The van der Waals surface area contributed by atoms with Crippen molar-refractivity contribution in [2.45, 2.75) is 39.0 Å². The third-order valence-electron chi connectivity index (χ3n) is 3.93. The number of aliphatic hydroxyl groups excluding tert-OH is 1. The van der Waals surface area contributed by atoms with Crippen molar-refractivity contribution >= 4 is 20.2 Å². The first-order valence-corrected chi connectivity index (χ1v) is 8.65. The molecule has 7 nitrogen and oxygen atoms in total. The summed E-state index contributed by atoms with van der Waals surface area (Å²) in [6.45, 7) is 1.72. The van der Waals surface area contributed by atoms with Gasteiger partial charge >= 0.3 is 145 Å². The summed E-state index contributed by atoms with van der Waals surface area (Å²) in [5.41, 5.74) is 0.308. The Kier molecular flexibility index (Phi) is 5.34. The van der Waals surface area contributed by atoms with Crippen LogP contribution in [0, 0.1) is 6.92 Å². The van der Waals surface area contributed by atoms with E-state index in [0.29, 0.717) is 16.6 Å². The molecule has 1 aromatic heterocycles. The first-order chi connectivity index (χ1) is 12.0. The van der Waals surface area contributed by atoms with Crippen molar-refractivity contribution in [2.75, 3.05) is 0 Å². The van der Waals surface area contributed by atoms with E-state index in [-0.39, 0.29) is 13.3 Å². The first kappa shape index (κ1) is 17.8. The van der Waals surface area contributed by atoms with Crippen LogP contribution in [0.5, 0.6) is 0 Å². The van der Waals surface area contributed by atoms with Crippen LogP contribution in [0.25, 0.3) is 0 Å². The molecule has 0 saturated carbocycles. The van der Waals surface area contributed by atoms with E-state index in [1.807, 2.05) is 30.3 Å². The third-order valence-corrected chi connectivity index (χ3v) is 4.48. The van der Waals surface area contributed by atoms with Gasteiger partial charge in [0.25, 0.3) is 0 Å². The molecule has 0 spiro atoms. The number of nitrogens with zero attached hydrogens (tertiary/aromatic N) is 2. The summed E-state index contributed by atoms with van der Waals surface area (Å²) in [7, 11) is 0. The molecule has 8 heteroatoms. The maximum atomic E-state index is 12.7. The summed E-state index contributed by atoms with van der Waals surface area (Å²) in [4.78, 5) is 25.0. The molecule has 132 valence electrons. The molecule has 1 N–H and O–H groups in total. The third kappa shape index (κ3) is 3.82. The molecule has 0 amide bonds. The van der Waals surface area contributed by atoms with E-state index in [2.05, 4.69) is 15.6 Å². The fraction of sp³-hybridized carbons (Fsp3) is 0.353. The minimum absolute atomic E-state index is 0.175. The van der Waals surface area contributed by atoms with Gasteiger partial charge in [0.2, 0.25) is 0 Å². The van der Waals surface area contributed by atoms with E-state index >= 15 is 0 Å². The second kappa shape index (κ2) is 7.49. The van der Waals surface area contributed by atoms with Gasteiger partial charge in [0, 0.05) is 0 Å². The van der Waals surface area contributed by atoms with Crippen LogP contribution < -0.4 is 11.2 Å². The molecule has 1 aliphatic heterocycles. The summed E-state index contributed by atoms with van der Waals surface area (Å²) in [5.74, 6) is 0. The molecule has 0 aliphatic carbocycles. The molecule has 2 unspecified atom stereocenters. The standard InChI is InChI=1S/C17H18N2O5Se/c1-11-8-18(16-13(20)7-14(25)24-16)17(22)19(15(11)21)10-23-9-12-5-3-2-4-6-12/h2-6,8,13,16,20H,7,9-10H2,1H3. The van der Waals surface area contributed by atoms with E-state index in [1.54, 1.807) is 6.92 Å². The van der Waals surface area contributed by atoms with E-state index in [4.69, 9.17) is 9.47 Å². The summed E-state index contributed by atoms with van der Waals surface area (Å²) in [6.07, 6.45) is -0.00192. The van der Waals surface area contributed by atoms with Gasteiger partial charge in [-0.15, -0.1) is 0 Å². The molecule has 2 atom stereocenters. The van der Waals surface area contributed by atoms with Crippen molar-refractivity contribution in [1.29, 1.82) is 0 Å². The van der Waals surface area contributed by atoms with Gasteiger partial charge < -0.3 is 0 Å². The normalized spacial score (nSPS) is 19.8. The number of aryl methyl sites for hydroxylation is 1. The van der Waals surface area contributed by atoms with Crippen molar-refractivity contribution in [2.24, 2.45) is 0 Å².